The molecule has 3 N–H and O–H groups in total. The molecular weight excluding hydrogens is 471 g/mol. The number of aliphatic hydroxyl groups is 1. The van der Waals surface area contributed by atoms with Crippen LogP contribution in [-0.2, 0) is 13.1 Å². The van der Waals surface area contributed by atoms with Crippen LogP contribution in [0, 0.1) is 5.82 Å². The van der Waals surface area contributed by atoms with Crippen molar-refractivity contribution in [2.45, 2.75) is 25.6 Å². The monoisotopic (exact) mass is 500 g/mol. The molecule has 0 fully saturated rings. The second-order valence-corrected chi connectivity index (χ2v) is 8.96. The Labute approximate surface area is 214 Å². The number of methoxy groups -OCH3 is 1. The van der Waals surface area contributed by atoms with Crippen LogP contribution in [0.2, 0.25) is 0 Å². The minimum atomic E-state index is -0.471. The van der Waals surface area contributed by atoms with E-state index in [1.165, 1.54) is 6.07 Å². The molecule has 0 saturated heterocycles. The van der Waals surface area contributed by atoms with Crippen LogP contribution < -0.4 is 15.4 Å². The molecule has 190 valence electrons. The number of carbonyl (C=O) groups excluding carboxylic acids is 1. The maximum absolute atomic E-state index is 15.5. The average molecular weight is 501 g/mol. The molecule has 37 heavy (non-hydrogen) atoms. The van der Waals surface area contributed by atoms with E-state index < -0.39 is 6.04 Å². The van der Waals surface area contributed by atoms with Crippen LogP contribution in [-0.4, -0.2) is 40.7 Å². The van der Waals surface area contributed by atoms with Gasteiger partial charge in [-0.1, -0.05) is 36.4 Å². The Morgan fingerprint density at radius 3 is 2.73 bits per heavy atom. The van der Waals surface area contributed by atoms with Crippen molar-refractivity contribution in [2.24, 2.45) is 0 Å². The molecule has 0 saturated carbocycles. The van der Waals surface area contributed by atoms with E-state index in [0.29, 0.717) is 36.6 Å². The Hall–Kier alpha value is -3.85. The number of rotatable bonds is 8. The van der Waals surface area contributed by atoms with Crippen molar-refractivity contribution < 1.29 is 19.0 Å². The fraction of sp³-hybridized carbons (Fsp3) is 0.241. The number of benzene rings is 3. The number of carbonyl (C=O) groups is 1. The van der Waals surface area contributed by atoms with Gasteiger partial charge >= 0.3 is 0 Å². The minimum Gasteiger partial charge on any atom is -0.497 e. The van der Waals surface area contributed by atoms with Crippen LogP contribution in [0.4, 0.5) is 4.39 Å². The summed E-state index contributed by atoms with van der Waals surface area (Å²) in [4.78, 5) is 17.8. The number of nitrogens with zero attached hydrogens (tertiary/aromatic N) is 2. The van der Waals surface area contributed by atoms with E-state index in [1.807, 2.05) is 54.6 Å². The zero-order valence-corrected chi connectivity index (χ0v) is 20.6. The first-order valence-corrected chi connectivity index (χ1v) is 12.3. The Morgan fingerprint density at radius 1 is 1.16 bits per heavy atom. The molecule has 1 atom stereocenters. The number of imidazole rings is 1. The molecule has 0 amide bonds. The summed E-state index contributed by atoms with van der Waals surface area (Å²) in [5, 5.41) is 15.5. The maximum atomic E-state index is 15.5. The third-order valence-electron chi connectivity index (χ3n) is 6.67. The summed E-state index contributed by atoms with van der Waals surface area (Å²) in [6.45, 7) is 1.47. The molecule has 1 unspecified atom stereocenters. The van der Waals surface area contributed by atoms with Crippen LogP contribution in [0.5, 0.6) is 5.75 Å². The van der Waals surface area contributed by atoms with Gasteiger partial charge in [0.15, 0.2) is 5.78 Å². The summed E-state index contributed by atoms with van der Waals surface area (Å²) in [6, 6.07) is 19.9. The Morgan fingerprint density at radius 2 is 1.97 bits per heavy atom. The number of ether oxygens (including phenoxy) is 1. The first kappa shape index (κ1) is 24.8. The van der Waals surface area contributed by atoms with Crippen LogP contribution in [0.1, 0.15) is 39.8 Å². The van der Waals surface area contributed by atoms with Gasteiger partial charge in [0.2, 0.25) is 0 Å². The average Bonchev–Trinajstić information content (AvgIpc) is 3.28. The van der Waals surface area contributed by atoms with Gasteiger partial charge in [0.05, 0.1) is 19.4 Å². The van der Waals surface area contributed by atoms with Crippen molar-refractivity contribution in [3.63, 3.8) is 0 Å². The molecule has 0 radical (unpaired) electrons. The lowest BCUT2D eigenvalue weighted by molar-refractivity contribution is 0.0966. The van der Waals surface area contributed by atoms with Crippen molar-refractivity contribution in [3.8, 4) is 22.6 Å². The maximum Gasteiger partial charge on any atom is 0.183 e. The predicted octanol–water partition coefficient (Wildman–Crippen LogP) is 4.19. The topological polar surface area (TPSA) is 88.4 Å². The molecule has 1 aliphatic rings. The Bertz CT molecular complexity index is 1400. The first-order chi connectivity index (χ1) is 18.1. The van der Waals surface area contributed by atoms with Crippen LogP contribution in [0.15, 0.2) is 73.1 Å². The van der Waals surface area contributed by atoms with E-state index in [9.17, 15) is 4.79 Å². The summed E-state index contributed by atoms with van der Waals surface area (Å²) in [5.74, 6) is 0.270. The van der Waals surface area contributed by atoms with E-state index >= 15 is 4.39 Å². The number of halogens is 1. The summed E-state index contributed by atoms with van der Waals surface area (Å²) < 4.78 is 22.5. The van der Waals surface area contributed by atoms with Crippen molar-refractivity contribution in [3.05, 3.63) is 101 Å². The summed E-state index contributed by atoms with van der Waals surface area (Å²) in [5.41, 5.74) is 5.12. The molecular formula is C29H29FN4O3. The molecule has 0 aliphatic carbocycles. The van der Waals surface area contributed by atoms with E-state index in [-0.39, 0.29) is 24.6 Å². The molecule has 8 heteroatoms. The number of nitrogens with one attached hydrogen (secondary N) is 2. The first-order valence-electron chi connectivity index (χ1n) is 12.3. The van der Waals surface area contributed by atoms with Gasteiger partial charge in [-0.25, -0.2) is 9.37 Å². The Kier molecular flexibility index (Phi) is 7.41. The number of aromatic nitrogens is 2. The van der Waals surface area contributed by atoms with Gasteiger partial charge in [-0.2, -0.15) is 0 Å². The highest BCUT2D eigenvalue weighted by atomic mass is 19.1. The lowest BCUT2D eigenvalue weighted by atomic mass is 9.95. The van der Waals surface area contributed by atoms with E-state index in [4.69, 9.17) is 9.84 Å². The summed E-state index contributed by atoms with van der Waals surface area (Å²) >= 11 is 0. The van der Waals surface area contributed by atoms with Gasteiger partial charge in [0, 0.05) is 43.3 Å². The zero-order chi connectivity index (χ0) is 25.8. The molecule has 3 aromatic carbocycles. The van der Waals surface area contributed by atoms with Gasteiger partial charge in [0.25, 0.3) is 0 Å². The van der Waals surface area contributed by atoms with Gasteiger partial charge in [0.1, 0.15) is 23.6 Å². The molecule has 0 bridgehead atoms. The van der Waals surface area contributed by atoms with Crippen molar-refractivity contribution in [1.29, 1.82) is 0 Å². The third kappa shape index (κ3) is 5.17. The quantitative estimate of drug-likeness (QED) is 0.315. The molecule has 5 rings (SSSR count). The van der Waals surface area contributed by atoms with Gasteiger partial charge in [-0.3, -0.25) is 9.36 Å². The Balaban J connectivity index is 1.38. The molecule has 0 spiro atoms. The second-order valence-electron chi connectivity index (χ2n) is 8.96. The second kappa shape index (κ2) is 11.0. The lowest BCUT2D eigenvalue weighted by Gasteiger charge is -2.18. The third-order valence-corrected chi connectivity index (χ3v) is 6.67. The van der Waals surface area contributed by atoms with Gasteiger partial charge in [-0.05, 0) is 47.0 Å². The standard InChI is InChI=1S/C29H29FN4O3/c1-37-22-9-7-21(8-10-22)34-18-33-27-17-32-26(15-28(36)29(27)34)24-11-6-19(14-25(24)30)23-5-3-2-4-20(23)16-31-12-13-35/h2-11,14,18,26,31-32,35H,12-13,15-17H2,1H3. The van der Waals surface area contributed by atoms with Crippen molar-refractivity contribution in [2.75, 3.05) is 20.3 Å². The largest absolute Gasteiger partial charge is 0.497 e. The number of ketones is 1. The number of hydrogen-bond donors (Lipinski definition) is 3. The highest BCUT2D eigenvalue weighted by molar-refractivity contribution is 5.97. The highest BCUT2D eigenvalue weighted by Gasteiger charge is 2.29. The fourth-order valence-electron chi connectivity index (χ4n) is 4.78. The van der Waals surface area contributed by atoms with Crippen LogP contribution in [0.3, 0.4) is 0 Å². The van der Waals surface area contributed by atoms with E-state index in [2.05, 4.69) is 15.6 Å². The smallest absolute Gasteiger partial charge is 0.183 e. The normalized spacial score (nSPS) is 15.3. The van der Waals surface area contributed by atoms with Crippen LogP contribution >= 0.6 is 0 Å². The fourth-order valence-corrected chi connectivity index (χ4v) is 4.78. The molecule has 1 aliphatic heterocycles. The number of aliphatic hydroxyl groups excluding tert-OH is 1. The summed E-state index contributed by atoms with van der Waals surface area (Å²) in [6.07, 6.45) is 1.77. The number of hydrogen-bond acceptors (Lipinski definition) is 6. The number of fused-ring (bicyclic) bond motifs is 1. The zero-order valence-electron chi connectivity index (χ0n) is 20.6. The van der Waals surface area contributed by atoms with E-state index in [0.717, 1.165) is 28.1 Å². The molecule has 1 aromatic heterocycles. The molecule has 7 nitrogen and oxygen atoms in total. The highest BCUT2D eigenvalue weighted by Crippen LogP contribution is 2.31. The lowest BCUT2D eigenvalue weighted by Crippen LogP contribution is -2.21. The van der Waals surface area contributed by atoms with Gasteiger partial charge < -0.3 is 20.5 Å². The van der Waals surface area contributed by atoms with Gasteiger partial charge in [-0.15, -0.1) is 0 Å². The predicted molar refractivity (Wildman–Crippen MR) is 139 cm³/mol. The van der Waals surface area contributed by atoms with Crippen molar-refractivity contribution >= 4 is 5.78 Å². The minimum absolute atomic E-state index is 0.0556. The molecule has 4 aromatic rings. The molecule has 2 heterocycles. The SMILES string of the molecule is COc1ccc(-n2cnc3c2C(=O)CC(c2ccc(-c4ccccc4CNCCO)cc2F)NC3)cc1. The van der Waals surface area contributed by atoms with E-state index in [1.54, 1.807) is 24.1 Å². The van der Waals surface area contributed by atoms with Crippen molar-refractivity contribution in [1.82, 2.24) is 20.2 Å². The summed E-state index contributed by atoms with van der Waals surface area (Å²) in [7, 11) is 1.61. The van der Waals surface area contributed by atoms with Crippen LogP contribution in [0.25, 0.3) is 16.8 Å². The number of Topliss-reactive ketones (excluding diaryl/α,β-unsaturated/α-hetero) is 1.